The third kappa shape index (κ3) is 1.34. The van der Waals surface area contributed by atoms with E-state index in [0.717, 1.165) is 36.0 Å². The zero-order valence-corrected chi connectivity index (χ0v) is 10.9. The van der Waals surface area contributed by atoms with Crippen molar-refractivity contribution < 1.29 is 0 Å². The Morgan fingerprint density at radius 3 is 2.69 bits per heavy atom. The van der Waals surface area contributed by atoms with Crippen molar-refractivity contribution in [2.45, 2.75) is 31.1 Å². The fourth-order valence-corrected chi connectivity index (χ4v) is 5.99. The Kier molecular flexibility index (Phi) is 2.17. The maximum absolute atomic E-state index is 6.64. The van der Waals surface area contributed by atoms with E-state index in [2.05, 4.69) is 17.5 Å². The Morgan fingerprint density at radius 1 is 1.31 bits per heavy atom. The van der Waals surface area contributed by atoms with Gasteiger partial charge in [0.15, 0.2) is 0 Å². The van der Waals surface area contributed by atoms with Gasteiger partial charge in [-0.3, -0.25) is 0 Å². The lowest BCUT2D eigenvalue weighted by Gasteiger charge is -2.13. The van der Waals surface area contributed by atoms with E-state index in [9.17, 15) is 0 Å². The first-order valence-corrected chi connectivity index (χ1v) is 7.82. The van der Waals surface area contributed by atoms with Crippen LogP contribution in [0.15, 0.2) is 17.5 Å². The maximum atomic E-state index is 6.64. The maximum Gasteiger partial charge on any atom is 0.0418 e. The third-order valence-corrected chi connectivity index (χ3v) is 6.53. The molecule has 0 aliphatic heterocycles. The van der Waals surface area contributed by atoms with E-state index in [0.29, 0.717) is 5.38 Å². The highest BCUT2D eigenvalue weighted by Gasteiger charge is 2.66. The van der Waals surface area contributed by atoms with Gasteiger partial charge in [-0.2, -0.15) is 0 Å². The molecule has 5 atom stereocenters. The molecule has 86 valence electrons. The van der Waals surface area contributed by atoms with Gasteiger partial charge in [-0.15, -0.1) is 22.9 Å². The largest absolute Gasteiger partial charge is 0.149 e. The predicted octanol–water partition coefficient (Wildman–Crippen LogP) is 4.19. The zero-order valence-electron chi connectivity index (χ0n) is 9.31. The molecular weight excluding hydrogens is 236 g/mol. The molecule has 1 aromatic heterocycles. The van der Waals surface area contributed by atoms with E-state index in [-0.39, 0.29) is 0 Å². The summed E-state index contributed by atoms with van der Waals surface area (Å²) in [6.45, 7) is 0. The normalized spacial score (nSPS) is 45.7. The smallest absolute Gasteiger partial charge is 0.0418 e. The zero-order chi connectivity index (χ0) is 10.7. The van der Waals surface area contributed by atoms with Crippen LogP contribution in [0.3, 0.4) is 0 Å². The van der Waals surface area contributed by atoms with Crippen LogP contribution in [0.1, 0.15) is 24.1 Å². The van der Waals surface area contributed by atoms with Crippen LogP contribution in [0.2, 0.25) is 0 Å². The highest BCUT2D eigenvalue weighted by molar-refractivity contribution is 7.09. The van der Waals surface area contributed by atoms with Gasteiger partial charge in [-0.25, -0.2) is 0 Å². The molecule has 3 aliphatic rings. The van der Waals surface area contributed by atoms with Crippen LogP contribution in [0.5, 0.6) is 0 Å². The minimum Gasteiger partial charge on any atom is -0.149 e. The minimum atomic E-state index is 0.414. The van der Waals surface area contributed by atoms with Crippen LogP contribution < -0.4 is 0 Å². The predicted molar refractivity (Wildman–Crippen MR) is 69.0 cm³/mol. The summed E-state index contributed by atoms with van der Waals surface area (Å²) in [6, 6.07) is 4.37. The lowest BCUT2D eigenvalue weighted by Crippen LogP contribution is -2.12. The average molecular weight is 253 g/mol. The van der Waals surface area contributed by atoms with Crippen molar-refractivity contribution in [3.8, 4) is 0 Å². The second-order valence-corrected chi connectivity index (χ2v) is 7.46. The van der Waals surface area contributed by atoms with E-state index in [1.165, 1.54) is 24.1 Å². The fourth-order valence-electron chi connectivity index (χ4n) is 4.63. The SMILES string of the molecule is ClC(Cc1cccs1)C1C2C3CCC(C3)C12. The minimum absolute atomic E-state index is 0.414. The number of fused-ring (bicyclic) bond motifs is 5. The quantitative estimate of drug-likeness (QED) is 0.708. The number of thiophene rings is 1. The molecule has 3 saturated carbocycles. The monoisotopic (exact) mass is 252 g/mol. The van der Waals surface area contributed by atoms with Gasteiger partial charge in [-0.05, 0) is 66.7 Å². The molecule has 1 aromatic rings. The Morgan fingerprint density at radius 2 is 2.06 bits per heavy atom. The highest BCUT2D eigenvalue weighted by atomic mass is 35.5. The molecular formula is C14H17ClS. The number of rotatable bonds is 3. The van der Waals surface area contributed by atoms with Crippen molar-refractivity contribution >= 4 is 22.9 Å². The average Bonchev–Trinajstić information content (AvgIpc) is 2.73. The van der Waals surface area contributed by atoms with Crippen molar-refractivity contribution in [1.82, 2.24) is 0 Å². The van der Waals surface area contributed by atoms with Crippen LogP contribution in [0.25, 0.3) is 0 Å². The summed E-state index contributed by atoms with van der Waals surface area (Å²) in [5.74, 6) is 5.05. The Balaban J connectivity index is 1.45. The molecule has 0 saturated heterocycles. The van der Waals surface area contributed by atoms with Crippen LogP contribution in [-0.2, 0) is 6.42 Å². The number of halogens is 1. The fraction of sp³-hybridized carbons (Fsp3) is 0.714. The molecule has 0 aromatic carbocycles. The molecule has 0 nitrogen and oxygen atoms in total. The summed E-state index contributed by atoms with van der Waals surface area (Å²) >= 11 is 8.49. The van der Waals surface area contributed by atoms with Crippen molar-refractivity contribution in [2.24, 2.45) is 29.6 Å². The van der Waals surface area contributed by atoms with Gasteiger partial charge < -0.3 is 0 Å². The van der Waals surface area contributed by atoms with Crippen LogP contribution in [0.4, 0.5) is 0 Å². The topological polar surface area (TPSA) is 0 Å². The van der Waals surface area contributed by atoms with Crippen LogP contribution in [0, 0.1) is 29.6 Å². The molecule has 0 N–H and O–H groups in total. The second-order valence-electron chi connectivity index (χ2n) is 5.86. The third-order valence-electron chi connectivity index (χ3n) is 5.19. The van der Waals surface area contributed by atoms with Gasteiger partial charge in [0.05, 0.1) is 0 Å². The summed E-state index contributed by atoms with van der Waals surface area (Å²) < 4.78 is 0. The lowest BCUT2D eigenvalue weighted by molar-refractivity contribution is 0.450. The van der Waals surface area contributed by atoms with Gasteiger partial charge in [0, 0.05) is 10.3 Å². The lowest BCUT2D eigenvalue weighted by atomic mass is 9.99. The molecule has 0 amide bonds. The van der Waals surface area contributed by atoms with Crippen LogP contribution >= 0.6 is 22.9 Å². The summed E-state index contributed by atoms with van der Waals surface area (Å²) in [7, 11) is 0. The van der Waals surface area contributed by atoms with E-state index < -0.39 is 0 Å². The first-order chi connectivity index (χ1) is 7.84. The van der Waals surface area contributed by atoms with Gasteiger partial charge in [0.2, 0.25) is 0 Å². The molecule has 5 unspecified atom stereocenters. The number of alkyl halides is 1. The summed E-state index contributed by atoms with van der Waals surface area (Å²) in [5.41, 5.74) is 0. The molecule has 2 heteroatoms. The summed E-state index contributed by atoms with van der Waals surface area (Å²) in [5, 5.41) is 2.58. The van der Waals surface area contributed by atoms with Gasteiger partial charge >= 0.3 is 0 Å². The number of hydrogen-bond donors (Lipinski definition) is 0. The van der Waals surface area contributed by atoms with Gasteiger partial charge in [-0.1, -0.05) is 6.07 Å². The molecule has 0 spiro atoms. The van der Waals surface area contributed by atoms with E-state index in [1.807, 2.05) is 11.3 Å². The van der Waals surface area contributed by atoms with E-state index in [1.54, 1.807) is 0 Å². The van der Waals surface area contributed by atoms with Gasteiger partial charge in [0.1, 0.15) is 0 Å². The van der Waals surface area contributed by atoms with Crippen molar-refractivity contribution in [2.75, 3.05) is 0 Å². The highest BCUT2D eigenvalue weighted by Crippen LogP contribution is 2.71. The van der Waals surface area contributed by atoms with Gasteiger partial charge in [0.25, 0.3) is 0 Å². The first-order valence-electron chi connectivity index (χ1n) is 6.51. The molecule has 1 heterocycles. The molecule has 3 fully saturated rings. The standard InChI is InChI=1S/C14H17ClS/c15-11(7-10-2-1-5-16-10)14-12-8-3-4-9(6-8)13(12)14/h1-2,5,8-9,11-14H,3-4,6-7H2. The molecule has 0 radical (unpaired) electrons. The summed E-state index contributed by atoms with van der Waals surface area (Å²) in [4.78, 5) is 1.47. The molecule has 4 rings (SSSR count). The van der Waals surface area contributed by atoms with Crippen molar-refractivity contribution in [1.29, 1.82) is 0 Å². The Labute approximate surface area is 106 Å². The van der Waals surface area contributed by atoms with E-state index in [4.69, 9.17) is 11.6 Å². The molecule has 2 bridgehead atoms. The van der Waals surface area contributed by atoms with E-state index >= 15 is 0 Å². The second kappa shape index (κ2) is 3.49. The summed E-state index contributed by atoms with van der Waals surface area (Å²) in [6.07, 6.45) is 5.65. The first kappa shape index (κ1) is 9.96. The Bertz CT molecular complexity index is 369. The van der Waals surface area contributed by atoms with Crippen LogP contribution in [-0.4, -0.2) is 5.38 Å². The Hall–Kier alpha value is -0.0100. The molecule has 3 aliphatic carbocycles. The number of hydrogen-bond acceptors (Lipinski definition) is 1. The van der Waals surface area contributed by atoms with Crippen molar-refractivity contribution in [3.63, 3.8) is 0 Å². The van der Waals surface area contributed by atoms with Crippen molar-refractivity contribution in [3.05, 3.63) is 22.4 Å². The molecule has 16 heavy (non-hydrogen) atoms.